The van der Waals surface area contributed by atoms with Crippen molar-refractivity contribution < 1.29 is 9.53 Å². The Kier molecular flexibility index (Phi) is 3.38. The fourth-order valence-electron chi connectivity index (χ4n) is 3.28. The van der Waals surface area contributed by atoms with E-state index in [1.807, 2.05) is 4.90 Å². The van der Waals surface area contributed by atoms with Crippen LogP contribution < -0.4 is 10.1 Å². The number of hydrogen-bond acceptors (Lipinski definition) is 3. The molecular formula is C15H19ClN2O2. The van der Waals surface area contributed by atoms with Gasteiger partial charge >= 0.3 is 0 Å². The second-order valence-electron chi connectivity index (χ2n) is 6.01. The molecule has 0 saturated carbocycles. The smallest absolute Gasteiger partial charge is 0.255 e. The number of halogens is 1. The molecule has 108 valence electrons. The minimum atomic E-state index is 0.0216. The van der Waals surface area contributed by atoms with Crippen LogP contribution in [0.5, 0.6) is 5.75 Å². The highest BCUT2D eigenvalue weighted by molar-refractivity contribution is 6.34. The van der Waals surface area contributed by atoms with Crippen molar-refractivity contribution in [3.05, 3.63) is 28.8 Å². The zero-order valence-electron chi connectivity index (χ0n) is 11.8. The number of nitrogens with one attached hydrogen (secondary N) is 1. The van der Waals surface area contributed by atoms with E-state index < -0.39 is 0 Å². The molecule has 0 bridgehead atoms. The molecule has 1 N–H and O–H groups in total. The number of ether oxygens (including phenoxy) is 1. The fraction of sp³-hybridized carbons (Fsp3) is 0.533. The van der Waals surface area contributed by atoms with Gasteiger partial charge in [-0.1, -0.05) is 18.5 Å². The molecule has 2 heterocycles. The summed E-state index contributed by atoms with van der Waals surface area (Å²) in [6.45, 7) is 5.84. The highest BCUT2D eigenvalue weighted by atomic mass is 35.5. The number of carbonyl (C=O) groups is 1. The van der Waals surface area contributed by atoms with E-state index in [-0.39, 0.29) is 11.3 Å². The van der Waals surface area contributed by atoms with Gasteiger partial charge in [0.2, 0.25) is 0 Å². The summed E-state index contributed by atoms with van der Waals surface area (Å²) in [5, 5.41) is 3.86. The van der Waals surface area contributed by atoms with Gasteiger partial charge in [-0.25, -0.2) is 0 Å². The van der Waals surface area contributed by atoms with Crippen molar-refractivity contribution in [1.82, 2.24) is 10.2 Å². The number of methoxy groups -OCH3 is 1. The molecule has 2 saturated heterocycles. The summed E-state index contributed by atoms with van der Waals surface area (Å²) in [6.07, 6.45) is 0. The molecule has 2 aliphatic heterocycles. The summed E-state index contributed by atoms with van der Waals surface area (Å²) >= 11 is 6.20. The summed E-state index contributed by atoms with van der Waals surface area (Å²) in [6, 6.07) is 5.21. The molecule has 2 fully saturated rings. The molecule has 0 aromatic heterocycles. The van der Waals surface area contributed by atoms with E-state index in [0.717, 1.165) is 26.2 Å². The van der Waals surface area contributed by atoms with Gasteiger partial charge in [-0.3, -0.25) is 4.79 Å². The summed E-state index contributed by atoms with van der Waals surface area (Å²) in [5.41, 5.74) is 0.762. The van der Waals surface area contributed by atoms with Gasteiger partial charge in [0, 0.05) is 31.6 Å². The highest BCUT2D eigenvalue weighted by Gasteiger charge is 2.47. The zero-order chi connectivity index (χ0) is 14.3. The lowest BCUT2D eigenvalue weighted by atomic mass is 9.83. The average molecular weight is 295 g/mol. The third-order valence-electron chi connectivity index (χ3n) is 4.59. The summed E-state index contributed by atoms with van der Waals surface area (Å²) in [7, 11) is 1.59. The lowest BCUT2D eigenvalue weighted by molar-refractivity contribution is 0.0773. The lowest BCUT2D eigenvalue weighted by Gasteiger charge is -2.22. The maximum Gasteiger partial charge on any atom is 0.255 e. The first-order valence-electron chi connectivity index (χ1n) is 6.87. The monoisotopic (exact) mass is 294 g/mol. The molecule has 5 heteroatoms. The van der Waals surface area contributed by atoms with Crippen LogP contribution in [0.15, 0.2) is 18.2 Å². The van der Waals surface area contributed by atoms with Gasteiger partial charge in [-0.15, -0.1) is 0 Å². The third kappa shape index (κ3) is 2.17. The van der Waals surface area contributed by atoms with E-state index >= 15 is 0 Å². The predicted molar refractivity (Wildman–Crippen MR) is 78.4 cm³/mol. The summed E-state index contributed by atoms with van der Waals surface area (Å²) < 4.78 is 5.11. The predicted octanol–water partition coefficient (Wildman–Crippen LogP) is 2.03. The molecule has 0 radical (unpaired) electrons. The molecule has 1 amide bonds. The molecule has 0 aliphatic carbocycles. The number of nitrogens with zero attached hydrogens (tertiary/aromatic N) is 1. The summed E-state index contributed by atoms with van der Waals surface area (Å²) in [5.74, 6) is 1.23. The van der Waals surface area contributed by atoms with Crippen molar-refractivity contribution in [3.8, 4) is 5.75 Å². The van der Waals surface area contributed by atoms with Crippen LogP contribution in [0, 0.1) is 11.3 Å². The van der Waals surface area contributed by atoms with Gasteiger partial charge in [0.05, 0.1) is 17.7 Å². The van der Waals surface area contributed by atoms with Gasteiger partial charge in [0.25, 0.3) is 5.91 Å². The Morgan fingerprint density at radius 3 is 3.00 bits per heavy atom. The number of fused-ring (bicyclic) bond motifs is 1. The topological polar surface area (TPSA) is 41.6 Å². The molecule has 3 rings (SSSR count). The fourth-order valence-corrected chi connectivity index (χ4v) is 3.53. The van der Waals surface area contributed by atoms with Gasteiger partial charge in [-0.05, 0) is 24.1 Å². The Morgan fingerprint density at radius 1 is 1.55 bits per heavy atom. The highest BCUT2D eigenvalue weighted by Crippen LogP contribution is 2.39. The van der Waals surface area contributed by atoms with Crippen molar-refractivity contribution >= 4 is 17.5 Å². The first-order valence-corrected chi connectivity index (χ1v) is 7.25. The van der Waals surface area contributed by atoms with Crippen LogP contribution in [0.4, 0.5) is 0 Å². The van der Waals surface area contributed by atoms with Gasteiger partial charge < -0.3 is 15.0 Å². The minimum absolute atomic E-state index is 0.0216. The first kappa shape index (κ1) is 13.7. The maximum atomic E-state index is 12.6. The zero-order valence-corrected chi connectivity index (χ0v) is 12.5. The van der Waals surface area contributed by atoms with Crippen molar-refractivity contribution in [2.24, 2.45) is 11.3 Å². The number of carbonyl (C=O) groups excluding carboxylic acids is 1. The number of hydrogen-bond donors (Lipinski definition) is 1. The molecule has 0 unspecified atom stereocenters. The maximum absolute atomic E-state index is 12.6. The van der Waals surface area contributed by atoms with Gasteiger partial charge in [0.1, 0.15) is 5.75 Å². The molecule has 0 spiro atoms. The van der Waals surface area contributed by atoms with Crippen LogP contribution >= 0.6 is 11.6 Å². The molecule has 20 heavy (non-hydrogen) atoms. The molecule has 2 aliphatic rings. The standard InChI is InChI=1S/C15H19ClN2O2/c1-15-8-17-6-10(15)7-18(9-15)14(19)12-4-3-11(20-2)5-13(12)16/h3-5,10,17H,6-9H2,1-2H3/t10-,15+/m0/s1. The number of likely N-dealkylation sites (tertiary alicyclic amines) is 1. The SMILES string of the molecule is COc1ccc(C(=O)N2C[C@@H]3CNC[C@]3(C)C2)c(Cl)c1. The molecule has 4 nitrogen and oxygen atoms in total. The normalized spacial score (nSPS) is 28.6. The van der Waals surface area contributed by atoms with E-state index in [2.05, 4.69) is 12.2 Å². The van der Waals surface area contributed by atoms with E-state index in [9.17, 15) is 4.79 Å². The first-order chi connectivity index (χ1) is 9.53. The molecular weight excluding hydrogens is 276 g/mol. The Labute approximate surface area is 124 Å². The third-order valence-corrected chi connectivity index (χ3v) is 4.90. The Hall–Kier alpha value is -1.26. The number of benzene rings is 1. The van der Waals surface area contributed by atoms with Crippen LogP contribution in [0.3, 0.4) is 0 Å². The molecule has 1 aromatic rings. The van der Waals surface area contributed by atoms with Gasteiger partial charge in [0.15, 0.2) is 0 Å². The van der Waals surface area contributed by atoms with Crippen LogP contribution in [-0.2, 0) is 0 Å². The van der Waals surface area contributed by atoms with Crippen molar-refractivity contribution in [2.75, 3.05) is 33.3 Å². The second kappa shape index (κ2) is 4.93. The number of rotatable bonds is 2. The van der Waals surface area contributed by atoms with E-state index in [1.165, 1.54) is 0 Å². The van der Waals surface area contributed by atoms with Crippen molar-refractivity contribution in [2.45, 2.75) is 6.92 Å². The van der Waals surface area contributed by atoms with Crippen LogP contribution in [-0.4, -0.2) is 44.1 Å². The Balaban J connectivity index is 1.80. The average Bonchev–Trinajstić information content (AvgIpc) is 2.92. The van der Waals surface area contributed by atoms with Crippen LogP contribution in [0.2, 0.25) is 5.02 Å². The largest absolute Gasteiger partial charge is 0.497 e. The van der Waals surface area contributed by atoms with Crippen molar-refractivity contribution in [3.63, 3.8) is 0 Å². The molecule has 2 atom stereocenters. The van der Waals surface area contributed by atoms with Crippen molar-refractivity contribution in [1.29, 1.82) is 0 Å². The number of amides is 1. The van der Waals surface area contributed by atoms with E-state index in [4.69, 9.17) is 16.3 Å². The molecule has 1 aromatic carbocycles. The Bertz CT molecular complexity index is 549. The van der Waals surface area contributed by atoms with Gasteiger partial charge in [-0.2, -0.15) is 0 Å². The minimum Gasteiger partial charge on any atom is -0.497 e. The van der Waals surface area contributed by atoms with E-state index in [0.29, 0.717) is 22.3 Å². The summed E-state index contributed by atoms with van der Waals surface area (Å²) in [4.78, 5) is 14.6. The lowest BCUT2D eigenvalue weighted by Crippen LogP contribution is -2.34. The van der Waals surface area contributed by atoms with Crippen LogP contribution in [0.1, 0.15) is 17.3 Å². The van der Waals surface area contributed by atoms with Crippen LogP contribution in [0.25, 0.3) is 0 Å². The quantitative estimate of drug-likeness (QED) is 0.907. The Morgan fingerprint density at radius 2 is 2.35 bits per heavy atom. The second-order valence-corrected chi connectivity index (χ2v) is 6.42. The van der Waals surface area contributed by atoms with E-state index in [1.54, 1.807) is 25.3 Å².